The molecule has 0 atom stereocenters. The highest BCUT2D eigenvalue weighted by Crippen LogP contribution is 2.22. The molecule has 0 saturated carbocycles. The highest BCUT2D eigenvalue weighted by molar-refractivity contribution is 5.37. The summed E-state index contributed by atoms with van der Waals surface area (Å²) in [5, 5.41) is 7.28. The van der Waals surface area contributed by atoms with Crippen LogP contribution < -0.4 is 5.56 Å². The number of likely N-dealkylation sites (tertiary alicyclic amines) is 1. The van der Waals surface area contributed by atoms with Crippen LogP contribution in [0, 0.1) is 5.92 Å². The predicted molar refractivity (Wildman–Crippen MR) is 78.9 cm³/mol. The van der Waals surface area contributed by atoms with Crippen LogP contribution in [0.1, 0.15) is 32.5 Å². The molecule has 1 fully saturated rings. The lowest BCUT2D eigenvalue weighted by Crippen LogP contribution is -2.39. The molecule has 3 heterocycles. The number of pyridine rings is 1. The molecule has 0 aromatic carbocycles. The summed E-state index contributed by atoms with van der Waals surface area (Å²) in [6.07, 6.45) is 3.26. The Kier molecular flexibility index (Phi) is 3.61. The van der Waals surface area contributed by atoms with E-state index in [-0.39, 0.29) is 5.56 Å². The van der Waals surface area contributed by atoms with Crippen molar-refractivity contribution in [1.82, 2.24) is 19.5 Å². The monoisotopic (exact) mass is 274 g/mol. The van der Waals surface area contributed by atoms with Crippen molar-refractivity contribution in [3.05, 3.63) is 34.4 Å². The molecule has 0 radical (unpaired) electrons. The van der Waals surface area contributed by atoms with Crippen molar-refractivity contribution in [3.63, 3.8) is 0 Å². The van der Waals surface area contributed by atoms with E-state index < -0.39 is 0 Å². The van der Waals surface area contributed by atoms with Crippen LogP contribution in [0.4, 0.5) is 0 Å². The summed E-state index contributed by atoms with van der Waals surface area (Å²) in [5.41, 5.74) is 0.790. The Morgan fingerprint density at radius 2 is 2.10 bits per heavy atom. The third-order valence-corrected chi connectivity index (χ3v) is 4.36. The maximum atomic E-state index is 11.9. The van der Waals surface area contributed by atoms with Gasteiger partial charge in [-0.3, -0.25) is 9.89 Å². The zero-order valence-electron chi connectivity index (χ0n) is 12.2. The summed E-state index contributed by atoms with van der Waals surface area (Å²) < 4.78 is 1.70. The maximum absolute atomic E-state index is 11.9. The van der Waals surface area contributed by atoms with Crippen LogP contribution in [-0.2, 0) is 6.42 Å². The molecule has 0 bridgehead atoms. The second-order valence-corrected chi connectivity index (χ2v) is 6.00. The SMILES string of the molecule is CC(C)N1CCC(Cc2n[nH]c3cccc(=O)n23)CC1. The summed E-state index contributed by atoms with van der Waals surface area (Å²) in [5.74, 6) is 1.50. The van der Waals surface area contributed by atoms with Crippen LogP contribution in [0.2, 0.25) is 0 Å². The normalized spacial score (nSPS) is 18.1. The fourth-order valence-corrected chi connectivity index (χ4v) is 3.08. The number of nitrogens with one attached hydrogen (secondary N) is 1. The van der Waals surface area contributed by atoms with Crippen molar-refractivity contribution < 1.29 is 0 Å². The molecular weight excluding hydrogens is 252 g/mol. The number of piperidine rings is 1. The number of H-pyrrole nitrogens is 1. The molecule has 1 saturated heterocycles. The molecule has 1 aliphatic heterocycles. The van der Waals surface area contributed by atoms with Crippen molar-refractivity contribution in [1.29, 1.82) is 0 Å². The summed E-state index contributed by atoms with van der Waals surface area (Å²) in [7, 11) is 0. The molecule has 0 aliphatic carbocycles. The number of aromatic amines is 1. The van der Waals surface area contributed by atoms with Crippen molar-refractivity contribution in [3.8, 4) is 0 Å². The van der Waals surface area contributed by atoms with E-state index in [1.165, 1.54) is 12.8 Å². The van der Waals surface area contributed by atoms with Gasteiger partial charge in [0.05, 0.1) is 0 Å². The minimum atomic E-state index is 0.00543. The lowest BCUT2D eigenvalue weighted by Gasteiger charge is -2.34. The lowest BCUT2D eigenvalue weighted by molar-refractivity contribution is 0.148. The Morgan fingerprint density at radius 1 is 1.35 bits per heavy atom. The molecule has 2 aromatic heterocycles. The molecular formula is C15H22N4O. The van der Waals surface area contributed by atoms with E-state index >= 15 is 0 Å². The molecule has 1 aliphatic rings. The van der Waals surface area contributed by atoms with Gasteiger partial charge in [-0.2, -0.15) is 5.10 Å². The molecule has 5 heteroatoms. The van der Waals surface area contributed by atoms with Gasteiger partial charge in [0, 0.05) is 18.5 Å². The average molecular weight is 274 g/mol. The molecule has 0 spiro atoms. The average Bonchev–Trinajstić information content (AvgIpc) is 2.84. The van der Waals surface area contributed by atoms with E-state index in [1.807, 2.05) is 6.07 Å². The fraction of sp³-hybridized carbons (Fsp3) is 0.600. The van der Waals surface area contributed by atoms with Crippen LogP contribution in [0.5, 0.6) is 0 Å². The van der Waals surface area contributed by atoms with Gasteiger partial charge in [-0.1, -0.05) is 6.07 Å². The summed E-state index contributed by atoms with van der Waals surface area (Å²) in [4.78, 5) is 14.5. The largest absolute Gasteiger partial charge is 0.301 e. The Labute approximate surface area is 118 Å². The fourth-order valence-electron chi connectivity index (χ4n) is 3.08. The Morgan fingerprint density at radius 3 is 2.80 bits per heavy atom. The van der Waals surface area contributed by atoms with E-state index in [0.29, 0.717) is 12.0 Å². The molecule has 108 valence electrons. The van der Waals surface area contributed by atoms with E-state index in [2.05, 4.69) is 28.9 Å². The van der Waals surface area contributed by atoms with Gasteiger partial charge < -0.3 is 4.90 Å². The zero-order valence-corrected chi connectivity index (χ0v) is 12.2. The van der Waals surface area contributed by atoms with Crippen molar-refractivity contribution >= 4 is 5.65 Å². The van der Waals surface area contributed by atoms with Crippen molar-refractivity contribution in [2.24, 2.45) is 5.92 Å². The molecule has 2 aromatic rings. The first-order valence-corrected chi connectivity index (χ1v) is 7.44. The van der Waals surface area contributed by atoms with Gasteiger partial charge in [0.2, 0.25) is 0 Å². The number of fused-ring (bicyclic) bond motifs is 1. The Bertz CT molecular complexity index is 635. The van der Waals surface area contributed by atoms with Crippen LogP contribution in [0.25, 0.3) is 5.65 Å². The molecule has 5 nitrogen and oxygen atoms in total. The molecule has 0 unspecified atom stereocenters. The zero-order chi connectivity index (χ0) is 14.1. The first kappa shape index (κ1) is 13.4. The standard InChI is InChI=1S/C15H22N4O/c1-11(2)18-8-6-12(7-9-18)10-14-17-16-13-4-3-5-15(20)19(13)14/h3-5,11-12,16H,6-10H2,1-2H3. The number of nitrogens with zero attached hydrogens (tertiary/aromatic N) is 3. The van der Waals surface area contributed by atoms with Gasteiger partial charge in [-0.25, -0.2) is 4.40 Å². The number of hydrogen-bond donors (Lipinski definition) is 1. The molecule has 1 N–H and O–H groups in total. The van der Waals surface area contributed by atoms with Gasteiger partial charge in [0.15, 0.2) is 0 Å². The molecule has 3 rings (SSSR count). The van der Waals surface area contributed by atoms with Gasteiger partial charge in [0.1, 0.15) is 11.5 Å². The van der Waals surface area contributed by atoms with Crippen LogP contribution in [0.3, 0.4) is 0 Å². The number of hydrogen-bond acceptors (Lipinski definition) is 3. The lowest BCUT2D eigenvalue weighted by atomic mass is 9.92. The third-order valence-electron chi connectivity index (χ3n) is 4.36. The van der Waals surface area contributed by atoms with E-state index in [9.17, 15) is 4.79 Å². The summed E-state index contributed by atoms with van der Waals surface area (Å²) >= 11 is 0. The van der Waals surface area contributed by atoms with E-state index in [4.69, 9.17) is 0 Å². The van der Waals surface area contributed by atoms with E-state index in [1.54, 1.807) is 16.5 Å². The topological polar surface area (TPSA) is 53.4 Å². The smallest absolute Gasteiger partial charge is 0.257 e. The summed E-state index contributed by atoms with van der Waals surface area (Å²) in [6.45, 7) is 6.81. The second kappa shape index (κ2) is 5.40. The first-order valence-electron chi connectivity index (χ1n) is 7.44. The van der Waals surface area contributed by atoms with E-state index in [0.717, 1.165) is 31.0 Å². The van der Waals surface area contributed by atoms with Crippen LogP contribution in [-0.4, -0.2) is 38.6 Å². The van der Waals surface area contributed by atoms with Crippen LogP contribution >= 0.6 is 0 Å². The highest BCUT2D eigenvalue weighted by Gasteiger charge is 2.22. The van der Waals surface area contributed by atoms with Gasteiger partial charge >= 0.3 is 0 Å². The van der Waals surface area contributed by atoms with Gasteiger partial charge in [-0.15, -0.1) is 0 Å². The van der Waals surface area contributed by atoms with Crippen molar-refractivity contribution in [2.45, 2.75) is 39.2 Å². The molecule has 0 amide bonds. The quantitative estimate of drug-likeness (QED) is 0.926. The summed E-state index contributed by atoms with van der Waals surface area (Å²) in [6, 6.07) is 5.87. The first-order chi connectivity index (χ1) is 9.65. The minimum absolute atomic E-state index is 0.00543. The number of rotatable bonds is 3. The predicted octanol–water partition coefficient (Wildman–Crippen LogP) is 1.69. The Balaban J connectivity index is 1.73. The molecule has 20 heavy (non-hydrogen) atoms. The third kappa shape index (κ3) is 2.50. The van der Waals surface area contributed by atoms with Gasteiger partial charge in [0.25, 0.3) is 5.56 Å². The number of aromatic nitrogens is 3. The van der Waals surface area contributed by atoms with Gasteiger partial charge in [-0.05, 0) is 51.8 Å². The Hall–Kier alpha value is -1.62. The minimum Gasteiger partial charge on any atom is -0.301 e. The highest BCUT2D eigenvalue weighted by atomic mass is 16.1. The van der Waals surface area contributed by atoms with Crippen molar-refractivity contribution in [2.75, 3.05) is 13.1 Å². The van der Waals surface area contributed by atoms with Crippen LogP contribution in [0.15, 0.2) is 23.0 Å². The second-order valence-electron chi connectivity index (χ2n) is 6.00. The maximum Gasteiger partial charge on any atom is 0.257 e.